The normalized spacial score (nSPS) is 30.8. The molecule has 2 rings (SSSR count). The Morgan fingerprint density at radius 3 is 2.60 bits per heavy atom. The zero-order valence-electron chi connectivity index (χ0n) is 10.1. The van der Waals surface area contributed by atoms with Gasteiger partial charge in [-0.2, -0.15) is 0 Å². The first kappa shape index (κ1) is 10.5. The summed E-state index contributed by atoms with van der Waals surface area (Å²) >= 11 is 0. The summed E-state index contributed by atoms with van der Waals surface area (Å²) in [4.78, 5) is 4.49. The molecule has 1 heterocycles. The van der Waals surface area contributed by atoms with Crippen LogP contribution in [-0.2, 0) is 7.05 Å². The van der Waals surface area contributed by atoms with E-state index < -0.39 is 0 Å². The van der Waals surface area contributed by atoms with E-state index in [4.69, 9.17) is 0 Å². The van der Waals surface area contributed by atoms with Gasteiger partial charge in [0.15, 0.2) is 0 Å². The molecular weight excluding hydrogens is 186 g/mol. The Hall–Kier alpha value is -0.990. The average molecular weight is 207 g/mol. The monoisotopic (exact) mass is 207 g/mol. The van der Waals surface area contributed by atoms with Crippen molar-refractivity contribution in [1.82, 2.24) is 9.55 Å². The van der Waals surface area contributed by atoms with Crippen molar-refractivity contribution in [2.75, 3.05) is 5.32 Å². The second-order valence-corrected chi connectivity index (χ2v) is 4.98. The summed E-state index contributed by atoms with van der Waals surface area (Å²) in [5.41, 5.74) is 1.08. The van der Waals surface area contributed by atoms with Gasteiger partial charge in [-0.25, -0.2) is 4.98 Å². The third-order valence-electron chi connectivity index (χ3n) is 3.78. The van der Waals surface area contributed by atoms with Gasteiger partial charge in [0, 0.05) is 19.3 Å². The van der Waals surface area contributed by atoms with Gasteiger partial charge in [0.2, 0.25) is 5.95 Å². The second kappa shape index (κ2) is 3.87. The number of hydrogen-bond acceptors (Lipinski definition) is 2. The minimum atomic E-state index is 0.598. The molecule has 0 radical (unpaired) electrons. The minimum Gasteiger partial charge on any atom is -0.353 e. The molecule has 3 nitrogen and oxygen atoms in total. The zero-order valence-corrected chi connectivity index (χ0v) is 10.1. The molecule has 15 heavy (non-hydrogen) atoms. The lowest BCUT2D eigenvalue weighted by Crippen LogP contribution is -2.25. The van der Waals surface area contributed by atoms with E-state index in [2.05, 4.69) is 34.9 Å². The van der Waals surface area contributed by atoms with Crippen molar-refractivity contribution in [2.45, 2.75) is 39.7 Å². The number of nitrogens with one attached hydrogen (secondary N) is 1. The van der Waals surface area contributed by atoms with Crippen LogP contribution in [0.25, 0.3) is 0 Å². The number of hydrogen-bond donors (Lipinski definition) is 1. The molecule has 0 amide bonds. The maximum Gasteiger partial charge on any atom is 0.203 e. The summed E-state index contributed by atoms with van der Waals surface area (Å²) in [5, 5.41) is 3.56. The Kier molecular flexibility index (Phi) is 2.72. The quantitative estimate of drug-likeness (QED) is 0.807. The van der Waals surface area contributed by atoms with Gasteiger partial charge in [0.1, 0.15) is 0 Å². The molecular formula is C12H21N3. The number of aryl methyl sites for hydroxylation is 2. The Labute approximate surface area is 91.9 Å². The van der Waals surface area contributed by atoms with Crippen LogP contribution in [0.5, 0.6) is 0 Å². The highest BCUT2D eigenvalue weighted by molar-refractivity contribution is 5.30. The van der Waals surface area contributed by atoms with Gasteiger partial charge in [0.05, 0.1) is 5.69 Å². The standard InChI is InChI=1S/C12H21N3/c1-8-5-6-11(10(8)3)14-12-13-9(2)7-15(12)4/h7-8,10-11H,5-6H2,1-4H3,(H,13,14). The van der Waals surface area contributed by atoms with Crippen molar-refractivity contribution >= 4 is 5.95 Å². The lowest BCUT2D eigenvalue weighted by molar-refractivity contribution is 0.434. The summed E-state index contributed by atoms with van der Waals surface area (Å²) in [7, 11) is 2.05. The van der Waals surface area contributed by atoms with Crippen molar-refractivity contribution in [3.8, 4) is 0 Å². The van der Waals surface area contributed by atoms with Crippen molar-refractivity contribution in [2.24, 2.45) is 18.9 Å². The molecule has 1 aromatic heterocycles. The Balaban J connectivity index is 2.06. The fourth-order valence-electron chi connectivity index (χ4n) is 2.48. The van der Waals surface area contributed by atoms with Gasteiger partial charge in [-0.3, -0.25) is 0 Å². The fraction of sp³-hybridized carbons (Fsp3) is 0.750. The van der Waals surface area contributed by atoms with E-state index in [1.165, 1.54) is 12.8 Å². The van der Waals surface area contributed by atoms with Gasteiger partial charge in [-0.15, -0.1) is 0 Å². The third-order valence-corrected chi connectivity index (χ3v) is 3.78. The highest BCUT2D eigenvalue weighted by atomic mass is 15.2. The number of nitrogens with zero attached hydrogens (tertiary/aromatic N) is 2. The third kappa shape index (κ3) is 2.01. The predicted octanol–water partition coefficient (Wildman–Crippen LogP) is 2.58. The molecule has 0 spiro atoms. The Morgan fingerprint density at radius 1 is 1.40 bits per heavy atom. The number of anilines is 1. The van der Waals surface area contributed by atoms with Crippen molar-refractivity contribution < 1.29 is 0 Å². The van der Waals surface area contributed by atoms with Crippen LogP contribution in [0.4, 0.5) is 5.95 Å². The highest BCUT2D eigenvalue weighted by Gasteiger charge is 2.30. The molecule has 0 saturated heterocycles. The van der Waals surface area contributed by atoms with E-state index >= 15 is 0 Å². The van der Waals surface area contributed by atoms with Crippen molar-refractivity contribution in [3.63, 3.8) is 0 Å². The number of aromatic nitrogens is 2. The predicted molar refractivity (Wildman–Crippen MR) is 62.9 cm³/mol. The molecule has 0 aliphatic heterocycles. The first-order valence-electron chi connectivity index (χ1n) is 5.84. The molecule has 1 N–H and O–H groups in total. The van der Waals surface area contributed by atoms with Crippen molar-refractivity contribution in [1.29, 1.82) is 0 Å². The smallest absolute Gasteiger partial charge is 0.203 e. The molecule has 1 aliphatic carbocycles. The number of imidazole rings is 1. The van der Waals surface area contributed by atoms with E-state index in [9.17, 15) is 0 Å². The zero-order chi connectivity index (χ0) is 11.0. The topological polar surface area (TPSA) is 29.9 Å². The summed E-state index contributed by atoms with van der Waals surface area (Å²) in [6.45, 7) is 6.72. The van der Waals surface area contributed by atoms with Crippen LogP contribution < -0.4 is 5.32 Å². The van der Waals surface area contributed by atoms with Crippen LogP contribution in [0.3, 0.4) is 0 Å². The number of rotatable bonds is 2. The van der Waals surface area contributed by atoms with E-state index in [0.717, 1.165) is 23.5 Å². The molecule has 3 unspecified atom stereocenters. The molecule has 3 heteroatoms. The van der Waals surface area contributed by atoms with Crippen LogP contribution in [-0.4, -0.2) is 15.6 Å². The van der Waals surface area contributed by atoms with Gasteiger partial charge >= 0.3 is 0 Å². The van der Waals surface area contributed by atoms with E-state index in [-0.39, 0.29) is 0 Å². The van der Waals surface area contributed by atoms with Crippen LogP contribution in [0.1, 0.15) is 32.4 Å². The summed E-state index contributed by atoms with van der Waals surface area (Å²) in [6.07, 6.45) is 4.67. The summed E-state index contributed by atoms with van der Waals surface area (Å²) < 4.78 is 2.07. The van der Waals surface area contributed by atoms with Gasteiger partial charge in [0.25, 0.3) is 0 Å². The minimum absolute atomic E-state index is 0.598. The first-order chi connectivity index (χ1) is 7.08. The average Bonchev–Trinajstić information content (AvgIpc) is 2.64. The lowest BCUT2D eigenvalue weighted by atomic mass is 9.98. The van der Waals surface area contributed by atoms with Crippen LogP contribution >= 0.6 is 0 Å². The molecule has 1 saturated carbocycles. The molecule has 1 fully saturated rings. The van der Waals surface area contributed by atoms with Crippen LogP contribution in [0.15, 0.2) is 6.20 Å². The molecule has 3 atom stereocenters. The molecule has 1 aromatic rings. The van der Waals surface area contributed by atoms with Gasteiger partial charge in [-0.1, -0.05) is 13.8 Å². The summed E-state index contributed by atoms with van der Waals surface area (Å²) in [6, 6.07) is 0.598. The largest absolute Gasteiger partial charge is 0.353 e. The molecule has 0 aromatic carbocycles. The van der Waals surface area contributed by atoms with Crippen LogP contribution in [0, 0.1) is 18.8 Å². The molecule has 0 bridgehead atoms. The Morgan fingerprint density at radius 2 is 2.13 bits per heavy atom. The lowest BCUT2D eigenvalue weighted by Gasteiger charge is -2.20. The van der Waals surface area contributed by atoms with E-state index in [0.29, 0.717) is 6.04 Å². The van der Waals surface area contributed by atoms with Crippen molar-refractivity contribution in [3.05, 3.63) is 11.9 Å². The van der Waals surface area contributed by atoms with E-state index in [1.54, 1.807) is 0 Å². The highest BCUT2D eigenvalue weighted by Crippen LogP contribution is 2.32. The summed E-state index contributed by atoms with van der Waals surface area (Å²) in [5.74, 6) is 2.60. The first-order valence-corrected chi connectivity index (χ1v) is 5.84. The SMILES string of the molecule is Cc1cn(C)c(NC2CCC(C)C2C)n1. The maximum absolute atomic E-state index is 4.49. The second-order valence-electron chi connectivity index (χ2n) is 4.98. The maximum atomic E-state index is 4.49. The fourth-order valence-corrected chi connectivity index (χ4v) is 2.48. The van der Waals surface area contributed by atoms with Gasteiger partial charge < -0.3 is 9.88 Å². The molecule has 1 aliphatic rings. The van der Waals surface area contributed by atoms with Crippen LogP contribution in [0.2, 0.25) is 0 Å². The van der Waals surface area contributed by atoms with E-state index in [1.807, 2.05) is 14.0 Å². The molecule has 84 valence electrons. The van der Waals surface area contributed by atoms with Gasteiger partial charge in [-0.05, 0) is 31.6 Å². The Bertz CT molecular complexity index is 343.